The first-order chi connectivity index (χ1) is 12.0. The van der Waals surface area contributed by atoms with Gasteiger partial charge in [-0.15, -0.1) is 0 Å². The Balaban J connectivity index is 1.57. The molecule has 1 N–H and O–H groups in total. The molecule has 4 aliphatic rings. The van der Waals surface area contributed by atoms with Crippen LogP contribution in [-0.4, -0.2) is 11.2 Å². The van der Waals surface area contributed by atoms with Crippen molar-refractivity contribution < 1.29 is 5.11 Å². The van der Waals surface area contributed by atoms with E-state index in [0.717, 1.165) is 36.5 Å². The molecule has 0 heterocycles. The van der Waals surface area contributed by atoms with Crippen LogP contribution in [0.5, 0.6) is 0 Å². The van der Waals surface area contributed by atoms with E-state index in [9.17, 15) is 5.11 Å². The van der Waals surface area contributed by atoms with E-state index in [-0.39, 0.29) is 6.10 Å². The predicted octanol–water partition coefficient (Wildman–Crippen LogP) is 6.28. The Bertz CT molecular complexity index is 560. The average molecular weight is 343 g/mol. The third-order valence-corrected chi connectivity index (χ3v) is 9.10. The standard InChI is InChI=1S/C24H38O/c1-4-5-6-7-17-9-11-21-20-10-8-18-16-19(25)12-14-24(18,3)22(20)13-15-23(17,21)2/h5-6,8,17,19-22,25H,4,7,9-16H2,1-3H3/b6-5-/t17?,19-,20-,21-,22-,23+,24-/m0/s1. The van der Waals surface area contributed by atoms with Gasteiger partial charge >= 0.3 is 0 Å². The second-order valence-corrected chi connectivity index (χ2v) is 10.1. The molecule has 0 aliphatic heterocycles. The summed E-state index contributed by atoms with van der Waals surface area (Å²) in [6, 6.07) is 0. The van der Waals surface area contributed by atoms with Crippen molar-refractivity contribution in [1.29, 1.82) is 0 Å². The highest BCUT2D eigenvalue weighted by atomic mass is 16.3. The van der Waals surface area contributed by atoms with Gasteiger partial charge in [-0.2, -0.15) is 0 Å². The Morgan fingerprint density at radius 2 is 1.92 bits per heavy atom. The fourth-order valence-corrected chi connectivity index (χ4v) is 7.56. The molecule has 1 nitrogen and oxygen atoms in total. The van der Waals surface area contributed by atoms with Gasteiger partial charge in [-0.25, -0.2) is 0 Å². The van der Waals surface area contributed by atoms with Crippen molar-refractivity contribution in [3.8, 4) is 0 Å². The van der Waals surface area contributed by atoms with E-state index in [1.54, 1.807) is 5.57 Å². The number of fused-ring (bicyclic) bond motifs is 5. The number of hydrogen-bond donors (Lipinski definition) is 1. The highest BCUT2D eigenvalue weighted by Gasteiger charge is 2.58. The molecule has 1 heteroatoms. The zero-order chi connectivity index (χ0) is 17.7. The lowest BCUT2D eigenvalue weighted by molar-refractivity contribution is -0.0492. The Morgan fingerprint density at radius 1 is 1.08 bits per heavy atom. The van der Waals surface area contributed by atoms with Gasteiger partial charge < -0.3 is 5.11 Å². The van der Waals surface area contributed by atoms with Crippen LogP contribution in [0.15, 0.2) is 23.8 Å². The van der Waals surface area contributed by atoms with E-state index in [1.165, 1.54) is 51.4 Å². The fraction of sp³-hybridized carbons (Fsp3) is 0.833. The third kappa shape index (κ3) is 2.76. The van der Waals surface area contributed by atoms with E-state index >= 15 is 0 Å². The van der Waals surface area contributed by atoms with Gasteiger partial charge in [0.25, 0.3) is 0 Å². The first-order valence-electron chi connectivity index (χ1n) is 11.0. The van der Waals surface area contributed by atoms with Crippen LogP contribution in [-0.2, 0) is 0 Å². The summed E-state index contributed by atoms with van der Waals surface area (Å²) in [5, 5.41) is 10.1. The molecule has 4 rings (SSSR count). The number of aliphatic hydroxyl groups excluding tert-OH is 1. The molecule has 0 amide bonds. The fourth-order valence-electron chi connectivity index (χ4n) is 7.56. The summed E-state index contributed by atoms with van der Waals surface area (Å²) in [5.41, 5.74) is 2.58. The minimum absolute atomic E-state index is 0.0778. The molecule has 0 aromatic rings. The first kappa shape index (κ1) is 17.8. The minimum atomic E-state index is -0.0778. The Kier molecular flexibility index (Phi) is 4.67. The minimum Gasteiger partial charge on any atom is -0.393 e. The highest BCUT2D eigenvalue weighted by Crippen LogP contribution is 2.66. The third-order valence-electron chi connectivity index (χ3n) is 9.10. The van der Waals surface area contributed by atoms with Crippen LogP contribution in [0, 0.1) is 34.5 Å². The van der Waals surface area contributed by atoms with Gasteiger partial charge in [-0.3, -0.25) is 0 Å². The number of rotatable bonds is 3. The monoisotopic (exact) mass is 342 g/mol. The van der Waals surface area contributed by atoms with Gasteiger partial charge in [0, 0.05) is 0 Å². The van der Waals surface area contributed by atoms with Crippen molar-refractivity contribution in [2.24, 2.45) is 34.5 Å². The Hall–Kier alpha value is -0.560. The lowest BCUT2D eigenvalue weighted by Crippen LogP contribution is -2.50. The van der Waals surface area contributed by atoms with Crippen molar-refractivity contribution in [3.63, 3.8) is 0 Å². The van der Waals surface area contributed by atoms with Crippen LogP contribution < -0.4 is 0 Å². The molecule has 140 valence electrons. The van der Waals surface area contributed by atoms with E-state index in [4.69, 9.17) is 0 Å². The second kappa shape index (κ2) is 6.55. The predicted molar refractivity (Wildman–Crippen MR) is 105 cm³/mol. The van der Waals surface area contributed by atoms with Gasteiger partial charge in [0.15, 0.2) is 0 Å². The zero-order valence-electron chi connectivity index (χ0n) is 16.6. The summed E-state index contributed by atoms with van der Waals surface area (Å²) in [7, 11) is 0. The van der Waals surface area contributed by atoms with Crippen LogP contribution in [0.3, 0.4) is 0 Å². The lowest BCUT2D eigenvalue weighted by Gasteiger charge is -2.58. The van der Waals surface area contributed by atoms with Crippen molar-refractivity contribution in [1.82, 2.24) is 0 Å². The molecule has 3 fully saturated rings. The maximum absolute atomic E-state index is 10.1. The van der Waals surface area contributed by atoms with Gasteiger partial charge in [0.2, 0.25) is 0 Å². The van der Waals surface area contributed by atoms with Crippen LogP contribution in [0.2, 0.25) is 0 Å². The molecule has 0 saturated heterocycles. The van der Waals surface area contributed by atoms with E-state index in [2.05, 4.69) is 39.0 Å². The maximum Gasteiger partial charge on any atom is 0.0577 e. The quantitative estimate of drug-likeness (QED) is 0.598. The lowest BCUT2D eigenvalue weighted by atomic mass is 9.47. The highest BCUT2D eigenvalue weighted by molar-refractivity contribution is 5.25. The molecular formula is C24H38O. The molecule has 0 aromatic carbocycles. The molecule has 1 unspecified atom stereocenters. The number of hydrogen-bond acceptors (Lipinski definition) is 1. The largest absolute Gasteiger partial charge is 0.393 e. The summed E-state index contributed by atoms with van der Waals surface area (Å²) >= 11 is 0. The smallest absolute Gasteiger partial charge is 0.0577 e. The van der Waals surface area contributed by atoms with E-state index < -0.39 is 0 Å². The van der Waals surface area contributed by atoms with Crippen molar-refractivity contribution in [3.05, 3.63) is 23.8 Å². The van der Waals surface area contributed by atoms with E-state index in [1.807, 2.05) is 0 Å². The molecule has 0 radical (unpaired) electrons. The summed E-state index contributed by atoms with van der Waals surface area (Å²) in [6.07, 6.45) is 20.1. The molecule has 7 atom stereocenters. The van der Waals surface area contributed by atoms with E-state index in [0.29, 0.717) is 10.8 Å². The van der Waals surface area contributed by atoms with Gasteiger partial charge in [0.1, 0.15) is 0 Å². The second-order valence-electron chi connectivity index (χ2n) is 10.1. The SMILES string of the molecule is CC/C=C\CC1CC[C@H]2[C@@H]3CC=C4C[C@@H](O)CC[C@]4(C)[C@H]3CC[C@]12C. The number of aliphatic hydroxyl groups is 1. The summed E-state index contributed by atoms with van der Waals surface area (Å²) in [5.74, 6) is 3.63. The summed E-state index contributed by atoms with van der Waals surface area (Å²) < 4.78 is 0. The van der Waals surface area contributed by atoms with Gasteiger partial charge in [-0.05, 0) is 98.7 Å². The normalized spacial score (nSPS) is 49.4. The number of allylic oxidation sites excluding steroid dienone is 3. The molecule has 0 aromatic heterocycles. The zero-order valence-corrected chi connectivity index (χ0v) is 16.6. The molecule has 0 bridgehead atoms. The summed E-state index contributed by atoms with van der Waals surface area (Å²) in [6.45, 7) is 7.42. The molecule has 25 heavy (non-hydrogen) atoms. The van der Waals surface area contributed by atoms with Crippen LogP contribution in [0.1, 0.15) is 85.0 Å². The maximum atomic E-state index is 10.1. The van der Waals surface area contributed by atoms with Gasteiger partial charge in [-0.1, -0.05) is 44.6 Å². The van der Waals surface area contributed by atoms with Crippen molar-refractivity contribution in [2.75, 3.05) is 0 Å². The van der Waals surface area contributed by atoms with Crippen LogP contribution in [0.4, 0.5) is 0 Å². The van der Waals surface area contributed by atoms with Crippen LogP contribution in [0.25, 0.3) is 0 Å². The van der Waals surface area contributed by atoms with Gasteiger partial charge in [0.05, 0.1) is 6.10 Å². The molecule has 0 spiro atoms. The Labute approximate surface area is 155 Å². The van der Waals surface area contributed by atoms with Crippen LogP contribution >= 0.6 is 0 Å². The Morgan fingerprint density at radius 3 is 2.72 bits per heavy atom. The topological polar surface area (TPSA) is 20.2 Å². The molecule has 4 aliphatic carbocycles. The molecule has 3 saturated carbocycles. The van der Waals surface area contributed by atoms with Crippen molar-refractivity contribution in [2.45, 2.75) is 91.1 Å². The molecular weight excluding hydrogens is 304 g/mol. The van der Waals surface area contributed by atoms with Crippen molar-refractivity contribution >= 4 is 0 Å². The first-order valence-corrected chi connectivity index (χ1v) is 11.0. The summed E-state index contributed by atoms with van der Waals surface area (Å²) in [4.78, 5) is 0. The average Bonchev–Trinajstić information content (AvgIpc) is 2.92.